The number of likely N-dealkylation sites (N-methyl/N-ethyl adjacent to an activating group) is 1. The van der Waals surface area contributed by atoms with Crippen LogP contribution in [0.15, 0.2) is 24.3 Å². The van der Waals surface area contributed by atoms with E-state index in [0.29, 0.717) is 11.3 Å². The molecule has 1 saturated carbocycles. The highest BCUT2D eigenvalue weighted by atomic mass is 35.5. The Kier molecular flexibility index (Phi) is 4.30. The summed E-state index contributed by atoms with van der Waals surface area (Å²) in [6.45, 7) is 2.20. The van der Waals surface area contributed by atoms with E-state index in [0.717, 1.165) is 5.02 Å². The summed E-state index contributed by atoms with van der Waals surface area (Å²) < 4.78 is 0. The number of nitrogens with zero attached hydrogens (tertiary/aromatic N) is 1. The van der Waals surface area contributed by atoms with Crippen LogP contribution < -0.4 is 0 Å². The maximum atomic E-state index is 6.00. The summed E-state index contributed by atoms with van der Waals surface area (Å²) >= 11 is 10.7. The zero-order chi connectivity index (χ0) is 13.3. The highest BCUT2D eigenvalue weighted by Gasteiger charge is 2.47. The number of rotatable bonds is 4. The molecule has 0 aromatic heterocycles. The molecule has 1 aliphatic carbocycles. The first-order valence-corrected chi connectivity index (χ1v) is 7.47. The molecule has 0 heterocycles. The van der Waals surface area contributed by atoms with Crippen LogP contribution in [0.5, 0.6) is 0 Å². The molecule has 3 heteroatoms. The second kappa shape index (κ2) is 5.44. The van der Waals surface area contributed by atoms with Crippen molar-refractivity contribution in [1.82, 2.24) is 4.90 Å². The topological polar surface area (TPSA) is 3.24 Å². The van der Waals surface area contributed by atoms with E-state index in [1.165, 1.54) is 24.8 Å². The van der Waals surface area contributed by atoms with E-state index in [9.17, 15) is 0 Å². The molecule has 0 spiro atoms. The van der Waals surface area contributed by atoms with Gasteiger partial charge in [-0.15, -0.1) is 0 Å². The van der Waals surface area contributed by atoms with Gasteiger partial charge in [0.05, 0.1) is 0 Å². The van der Waals surface area contributed by atoms with Gasteiger partial charge in [-0.05, 0) is 44.6 Å². The van der Waals surface area contributed by atoms with Crippen molar-refractivity contribution in [2.24, 2.45) is 0 Å². The van der Waals surface area contributed by atoms with Crippen molar-refractivity contribution in [2.45, 2.75) is 42.9 Å². The molecule has 100 valence electrons. The molecule has 1 aliphatic rings. The zero-order valence-electron chi connectivity index (χ0n) is 11.4. The quantitative estimate of drug-likeness (QED) is 0.817. The van der Waals surface area contributed by atoms with Gasteiger partial charge >= 0.3 is 0 Å². The van der Waals surface area contributed by atoms with Gasteiger partial charge in [0.2, 0.25) is 0 Å². The van der Waals surface area contributed by atoms with E-state index in [1.54, 1.807) is 0 Å². The van der Waals surface area contributed by atoms with E-state index in [1.807, 2.05) is 12.1 Å². The van der Waals surface area contributed by atoms with Gasteiger partial charge < -0.3 is 4.90 Å². The Balaban J connectivity index is 2.38. The molecule has 1 aromatic carbocycles. The van der Waals surface area contributed by atoms with Crippen molar-refractivity contribution in [2.75, 3.05) is 14.1 Å². The first-order chi connectivity index (χ1) is 8.47. The lowest BCUT2D eigenvalue weighted by Gasteiger charge is -2.52. The summed E-state index contributed by atoms with van der Waals surface area (Å²) in [5.74, 6) is 0. The molecular formula is C15H22ClNS. The maximum Gasteiger partial charge on any atom is 0.0406 e. The molecule has 0 radical (unpaired) electrons. The first kappa shape index (κ1) is 14.2. The summed E-state index contributed by atoms with van der Waals surface area (Å²) in [5.41, 5.74) is 1.67. The van der Waals surface area contributed by atoms with Gasteiger partial charge in [0.25, 0.3) is 0 Å². The van der Waals surface area contributed by atoms with Crippen LogP contribution in [0.3, 0.4) is 0 Å². The minimum atomic E-state index is 0.259. The molecule has 2 rings (SSSR count). The van der Waals surface area contributed by atoms with Crippen molar-refractivity contribution in [1.29, 1.82) is 0 Å². The lowest BCUT2D eigenvalue weighted by molar-refractivity contribution is 0.0979. The Morgan fingerprint density at radius 3 is 2.11 bits per heavy atom. The van der Waals surface area contributed by atoms with Crippen molar-refractivity contribution in [3.05, 3.63) is 34.9 Å². The number of hydrogen-bond acceptors (Lipinski definition) is 2. The summed E-state index contributed by atoms with van der Waals surface area (Å²) in [6.07, 6.45) is 3.82. The first-order valence-electron chi connectivity index (χ1n) is 6.58. The third kappa shape index (κ3) is 2.43. The molecule has 2 unspecified atom stereocenters. The van der Waals surface area contributed by atoms with Crippen LogP contribution in [0, 0.1) is 0 Å². The fourth-order valence-electron chi connectivity index (χ4n) is 3.48. The number of thiol groups is 1. The monoisotopic (exact) mass is 283 g/mol. The third-order valence-electron chi connectivity index (χ3n) is 4.24. The summed E-state index contributed by atoms with van der Waals surface area (Å²) in [6, 6.07) is 8.86. The highest BCUT2D eigenvalue weighted by molar-refractivity contribution is 7.81. The molecule has 2 atom stereocenters. The van der Waals surface area contributed by atoms with Gasteiger partial charge in [-0.1, -0.05) is 37.1 Å². The van der Waals surface area contributed by atoms with Crippen molar-refractivity contribution < 1.29 is 0 Å². The summed E-state index contributed by atoms with van der Waals surface area (Å²) in [5, 5.41) is 1.17. The number of halogens is 1. The van der Waals surface area contributed by atoms with Gasteiger partial charge in [0, 0.05) is 21.7 Å². The van der Waals surface area contributed by atoms with Crippen molar-refractivity contribution in [3.8, 4) is 0 Å². The summed E-state index contributed by atoms with van der Waals surface area (Å²) in [7, 11) is 4.32. The van der Waals surface area contributed by atoms with E-state index < -0.39 is 0 Å². The zero-order valence-corrected chi connectivity index (χ0v) is 13.0. The fourth-order valence-corrected chi connectivity index (χ4v) is 4.16. The van der Waals surface area contributed by atoms with Gasteiger partial charge in [-0.3, -0.25) is 0 Å². The van der Waals surface area contributed by atoms with Crippen LogP contribution in [0.2, 0.25) is 5.02 Å². The lowest BCUT2D eigenvalue weighted by atomic mass is 9.59. The van der Waals surface area contributed by atoms with E-state index in [4.69, 9.17) is 24.2 Å². The smallest absolute Gasteiger partial charge is 0.0406 e. The lowest BCUT2D eigenvalue weighted by Crippen LogP contribution is -2.55. The number of hydrogen-bond donors (Lipinski definition) is 1. The summed E-state index contributed by atoms with van der Waals surface area (Å²) in [4.78, 5) is 2.32. The number of benzene rings is 1. The Morgan fingerprint density at radius 2 is 1.78 bits per heavy atom. The minimum Gasteiger partial charge on any atom is -0.304 e. The molecule has 0 amide bonds. The Labute approximate surface area is 121 Å². The average Bonchev–Trinajstić information content (AvgIpc) is 2.23. The van der Waals surface area contributed by atoms with Gasteiger partial charge in [-0.2, -0.15) is 12.6 Å². The van der Waals surface area contributed by atoms with Gasteiger partial charge in [0.15, 0.2) is 0 Å². The van der Waals surface area contributed by atoms with Crippen LogP contribution in [0.4, 0.5) is 0 Å². The van der Waals surface area contributed by atoms with E-state index in [2.05, 4.69) is 38.1 Å². The Morgan fingerprint density at radius 1 is 1.22 bits per heavy atom. The molecular weight excluding hydrogens is 262 g/mol. The van der Waals surface area contributed by atoms with Crippen LogP contribution >= 0.6 is 24.2 Å². The maximum absolute atomic E-state index is 6.00. The highest BCUT2D eigenvalue weighted by Crippen LogP contribution is 2.49. The second-order valence-electron chi connectivity index (χ2n) is 5.67. The molecule has 0 aliphatic heterocycles. The predicted octanol–water partition coefficient (Wildman–Crippen LogP) is 4.01. The SMILES string of the molecule is CC(S)C(N(C)C)C1(c2ccc(Cl)cc2)CCC1. The van der Waals surface area contributed by atoms with Gasteiger partial charge in [-0.25, -0.2) is 0 Å². The van der Waals surface area contributed by atoms with Gasteiger partial charge in [0.1, 0.15) is 0 Å². The molecule has 0 N–H and O–H groups in total. The molecule has 0 saturated heterocycles. The van der Waals surface area contributed by atoms with Crippen LogP contribution in [0.25, 0.3) is 0 Å². The Hall–Kier alpha value is -0.180. The van der Waals surface area contributed by atoms with E-state index in [-0.39, 0.29) is 5.41 Å². The average molecular weight is 284 g/mol. The Bertz CT molecular complexity index is 387. The predicted molar refractivity (Wildman–Crippen MR) is 82.9 cm³/mol. The minimum absolute atomic E-state index is 0.259. The fraction of sp³-hybridized carbons (Fsp3) is 0.600. The van der Waals surface area contributed by atoms with E-state index >= 15 is 0 Å². The molecule has 1 fully saturated rings. The molecule has 0 bridgehead atoms. The molecule has 18 heavy (non-hydrogen) atoms. The van der Waals surface area contributed by atoms with Crippen molar-refractivity contribution >= 4 is 24.2 Å². The van der Waals surface area contributed by atoms with Crippen LogP contribution in [-0.4, -0.2) is 30.3 Å². The molecule has 1 aromatic rings. The standard InChI is InChI=1S/C15H22ClNS/c1-11(18)14(17(2)3)15(9-4-10-15)12-5-7-13(16)8-6-12/h5-8,11,14,18H,4,9-10H2,1-3H3. The molecule has 1 nitrogen and oxygen atoms in total. The van der Waals surface area contributed by atoms with Crippen LogP contribution in [-0.2, 0) is 5.41 Å². The second-order valence-corrected chi connectivity index (χ2v) is 6.92. The van der Waals surface area contributed by atoms with Crippen LogP contribution in [0.1, 0.15) is 31.7 Å². The normalized spacial score (nSPS) is 21.4. The third-order valence-corrected chi connectivity index (χ3v) is 4.78. The largest absolute Gasteiger partial charge is 0.304 e. The van der Waals surface area contributed by atoms with Crippen molar-refractivity contribution in [3.63, 3.8) is 0 Å².